The first-order valence-electron chi connectivity index (χ1n) is 10.7. The Morgan fingerprint density at radius 2 is 1.74 bits per heavy atom. The van der Waals surface area contributed by atoms with Crippen LogP contribution in [-0.4, -0.2) is 35.9 Å². The molecule has 2 aromatic rings. The number of ether oxygens (including phenoxy) is 2. The third-order valence-corrected chi connectivity index (χ3v) is 6.25. The lowest BCUT2D eigenvalue weighted by Crippen LogP contribution is -2.53. The van der Waals surface area contributed by atoms with Gasteiger partial charge in [-0.05, 0) is 68.5 Å². The maximum absolute atomic E-state index is 13.8. The minimum Gasteiger partial charge on any atom is -0.491 e. The molecule has 2 fully saturated rings. The van der Waals surface area contributed by atoms with E-state index in [2.05, 4.69) is 0 Å². The predicted molar refractivity (Wildman–Crippen MR) is 124 cm³/mol. The molecule has 10 heteroatoms. The van der Waals surface area contributed by atoms with Crippen molar-refractivity contribution in [2.45, 2.75) is 44.5 Å². The van der Waals surface area contributed by atoms with E-state index in [9.17, 15) is 18.0 Å². The number of hydrogen-bond acceptors (Lipinski definition) is 5. The molecule has 0 bridgehead atoms. The topological polar surface area (TPSA) is 65.8 Å². The van der Waals surface area contributed by atoms with Crippen LogP contribution in [0.5, 0.6) is 5.75 Å². The van der Waals surface area contributed by atoms with Crippen LogP contribution in [0.25, 0.3) is 0 Å². The quantitative estimate of drug-likeness (QED) is 0.560. The van der Waals surface area contributed by atoms with Crippen molar-refractivity contribution in [2.24, 2.45) is 0 Å². The van der Waals surface area contributed by atoms with Gasteiger partial charge in [-0.1, -0.05) is 0 Å². The molecule has 0 aromatic heterocycles. The number of nitrogens with zero attached hydrogens (tertiary/aromatic N) is 3. The summed E-state index contributed by atoms with van der Waals surface area (Å²) >= 11 is 5.67. The molecule has 2 aliphatic heterocycles. The van der Waals surface area contributed by atoms with Crippen LogP contribution in [0.3, 0.4) is 0 Å². The maximum atomic E-state index is 13.8. The molecule has 0 unspecified atom stereocenters. The molecule has 0 aliphatic carbocycles. The number of anilines is 2. The average molecular weight is 490 g/mol. The molecular weight excluding hydrogens is 467 g/mol. The van der Waals surface area contributed by atoms with Crippen molar-refractivity contribution in [3.63, 3.8) is 0 Å². The Kier molecular flexibility index (Phi) is 6.27. The fraction of sp³-hybridized carbons (Fsp3) is 0.375. The summed E-state index contributed by atoms with van der Waals surface area (Å²) in [6.45, 7) is 4.44. The highest BCUT2D eigenvalue weighted by molar-refractivity contribution is 7.81. The summed E-state index contributed by atoms with van der Waals surface area (Å²) in [7, 11) is 0. The maximum Gasteiger partial charge on any atom is 0.417 e. The Morgan fingerprint density at radius 1 is 1.12 bits per heavy atom. The van der Waals surface area contributed by atoms with Gasteiger partial charge in [0.1, 0.15) is 11.3 Å². The SMILES string of the molecule is CC(C)Oc1ccc(N2C(=S)N(c3ccc(C#N)c(C(F)(F)F)c3)C(=O)C23CCOCC3)cc1. The second-order valence-corrected chi connectivity index (χ2v) is 8.77. The first-order valence-corrected chi connectivity index (χ1v) is 11.1. The highest BCUT2D eigenvalue weighted by Gasteiger charge is 2.57. The molecule has 0 saturated carbocycles. The molecule has 1 spiro atoms. The molecule has 1 amide bonds. The van der Waals surface area contributed by atoms with E-state index in [1.54, 1.807) is 35.2 Å². The number of benzene rings is 2. The number of carbonyl (C=O) groups excluding carboxylic acids is 1. The van der Waals surface area contributed by atoms with Gasteiger partial charge in [0.2, 0.25) is 0 Å². The van der Waals surface area contributed by atoms with Crippen LogP contribution in [0.1, 0.15) is 37.8 Å². The monoisotopic (exact) mass is 489 g/mol. The van der Waals surface area contributed by atoms with Gasteiger partial charge in [0.05, 0.1) is 29.0 Å². The van der Waals surface area contributed by atoms with E-state index in [4.69, 9.17) is 27.0 Å². The van der Waals surface area contributed by atoms with Crippen molar-refractivity contribution in [1.29, 1.82) is 5.26 Å². The fourth-order valence-electron chi connectivity index (χ4n) is 4.35. The molecular formula is C24H22F3N3O3S. The van der Waals surface area contributed by atoms with E-state index >= 15 is 0 Å². The lowest BCUT2D eigenvalue weighted by molar-refractivity contribution is -0.137. The molecule has 34 heavy (non-hydrogen) atoms. The summed E-state index contributed by atoms with van der Waals surface area (Å²) < 4.78 is 51.9. The number of amides is 1. The predicted octanol–water partition coefficient (Wildman–Crippen LogP) is 5.05. The fourth-order valence-corrected chi connectivity index (χ4v) is 4.82. The van der Waals surface area contributed by atoms with Gasteiger partial charge in [-0.15, -0.1) is 0 Å². The van der Waals surface area contributed by atoms with Crippen molar-refractivity contribution in [2.75, 3.05) is 23.0 Å². The molecule has 2 saturated heterocycles. The average Bonchev–Trinajstić information content (AvgIpc) is 2.99. The second kappa shape index (κ2) is 8.89. The second-order valence-electron chi connectivity index (χ2n) is 8.40. The van der Waals surface area contributed by atoms with Gasteiger partial charge in [-0.3, -0.25) is 9.69 Å². The van der Waals surface area contributed by atoms with Crippen molar-refractivity contribution in [1.82, 2.24) is 0 Å². The highest BCUT2D eigenvalue weighted by Crippen LogP contribution is 2.43. The van der Waals surface area contributed by atoms with E-state index in [0.29, 0.717) is 37.5 Å². The number of thiocarbonyl (C=S) groups is 1. The summed E-state index contributed by atoms with van der Waals surface area (Å²) in [6.07, 6.45) is -4.12. The zero-order chi connectivity index (χ0) is 24.7. The van der Waals surface area contributed by atoms with E-state index in [1.807, 2.05) is 13.8 Å². The smallest absolute Gasteiger partial charge is 0.417 e. The lowest BCUT2D eigenvalue weighted by atomic mass is 9.88. The Bertz CT molecular complexity index is 1150. The van der Waals surface area contributed by atoms with E-state index in [-0.39, 0.29) is 16.9 Å². The zero-order valence-corrected chi connectivity index (χ0v) is 19.4. The number of hydrogen-bond donors (Lipinski definition) is 0. The van der Waals surface area contributed by atoms with Crippen LogP contribution in [0.15, 0.2) is 42.5 Å². The zero-order valence-electron chi connectivity index (χ0n) is 18.6. The van der Waals surface area contributed by atoms with Crippen molar-refractivity contribution >= 4 is 34.6 Å². The van der Waals surface area contributed by atoms with Gasteiger partial charge in [0.25, 0.3) is 5.91 Å². The molecule has 0 radical (unpaired) electrons. The third kappa shape index (κ3) is 4.10. The standard InChI is InChI=1S/C24H22F3N3O3S/c1-15(2)33-19-7-5-17(6-8-19)30-22(34)29(21(31)23(30)9-11-32-12-10-23)18-4-3-16(14-28)20(13-18)24(25,26)27/h3-8,13,15H,9-12H2,1-2H3. The van der Waals surface area contributed by atoms with Gasteiger partial charge in [-0.2, -0.15) is 18.4 Å². The number of halogens is 3. The normalized spacial score (nSPS) is 18.0. The Morgan fingerprint density at radius 3 is 2.29 bits per heavy atom. The van der Waals surface area contributed by atoms with Crippen LogP contribution < -0.4 is 14.5 Å². The van der Waals surface area contributed by atoms with Gasteiger partial charge >= 0.3 is 6.18 Å². The Hall–Kier alpha value is -3.16. The van der Waals surface area contributed by atoms with E-state index in [0.717, 1.165) is 17.0 Å². The van der Waals surface area contributed by atoms with Crippen molar-refractivity contribution < 1.29 is 27.4 Å². The molecule has 0 atom stereocenters. The summed E-state index contributed by atoms with van der Waals surface area (Å²) in [5, 5.41) is 9.19. The van der Waals surface area contributed by atoms with E-state index in [1.165, 1.54) is 6.07 Å². The number of rotatable bonds is 4. The first kappa shape index (κ1) is 24.0. The summed E-state index contributed by atoms with van der Waals surface area (Å²) in [6, 6.07) is 11.8. The first-order chi connectivity index (χ1) is 16.1. The van der Waals surface area contributed by atoms with Crippen molar-refractivity contribution in [3.8, 4) is 11.8 Å². The van der Waals surface area contributed by atoms with Crippen LogP contribution in [-0.2, 0) is 15.7 Å². The molecule has 2 heterocycles. The third-order valence-electron chi connectivity index (χ3n) is 5.89. The molecule has 0 N–H and O–H groups in total. The number of nitriles is 1. The molecule has 4 rings (SSSR count). The van der Waals surface area contributed by atoms with E-state index < -0.39 is 28.7 Å². The minimum atomic E-state index is -4.76. The lowest BCUT2D eigenvalue weighted by Gasteiger charge is -2.38. The minimum absolute atomic E-state index is 0.0168. The summed E-state index contributed by atoms with van der Waals surface area (Å²) in [5.74, 6) is 0.233. The van der Waals surface area contributed by atoms with Gasteiger partial charge in [0, 0.05) is 31.7 Å². The Balaban J connectivity index is 1.79. The van der Waals surface area contributed by atoms with Gasteiger partial charge in [0.15, 0.2) is 5.11 Å². The largest absolute Gasteiger partial charge is 0.491 e. The van der Waals surface area contributed by atoms with Crippen LogP contribution in [0.4, 0.5) is 24.5 Å². The summed E-state index contributed by atoms with van der Waals surface area (Å²) in [4.78, 5) is 16.6. The number of alkyl halides is 3. The highest BCUT2D eigenvalue weighted by atomic mass is 32.1. The van der Waals surface area contributed by atoms with Crippen LogP contribution in [0.2, 0.25) is 0 Å². The van der Waals surface area contributed by atoms with Gasteiger partial charge in [-0.25, -0.2) is 0 Å². The summed E-state index contributed by atoms with van der Waals surface area (Å²) in [5.41, 5.74) is -2.12. The van der Waals surface area contributed by atoms with Crippen molar-refractivity contribution in [3.05, 3.63) is 53.6 Å². The molecule has 2 aromatic carbocycles. The molecule has 178 valence electrons. The van der Waals surface area contributed by atoms with Crippen LogP contribution in [0, 0.1) is 11.3 Å². The molecule has 6 nitrogen and oxygen atoms in total. The Labute approximate surface area is 200 Å². The number of carbonyl (C=O) groups is 1. The van der Waals surface area contributed by atoms with Crippen LogP contribution >= 0.6 is 12.2 Å². The van der Waals surface area contributed by atoms with Gasteiger partial charge < -0.3 is 14.4 Å². The molecule has 2 aliphatic rings.